The molecule has 0 fully saturated rings. The molecule has 47 heavy (non-hydrogen) atoms. The number of halogens is 1. The predicted octanol–water partition coefficient (Wildman–Crippen LogP) is 6.82. The van der Waals surface area contributed by atoms with Crippen LogP contribution in [0.3, 0.4) is 0 Å². The van der Waals surface area contributed by atoms with Gasteiger partial charge in [-0.15, -0.1) is 0 Å². The molecule has 3 rings (SSSR count). The molecule has 0 bridgehead atoms. The highest BCUT2D eigenvalue weighted by atomic mass is 19.1. The van der Waals surface area contributed by atoms with Crippen LogP contribution in [0, 0.1) is 5.82 Å². The molecule has 0 aliphatic rings. The Labute approximate surface area is 272 Å². The normalized spacial score (nSPS) is 11.7. The summed E-state index contributed by atoms with van der Waals surface area (Å²) in [6, 6.07) is 15.8. The fraction of sp³-hybridized carbons (Fsp3) is 0.278. The summed E-state index contributed by atoms with van der Waals surface area (Å²) in [7, 11) is 0. The predicted molar refractivity (Wildman–Crippen MR) is 170 cm³/mol. The van der Waals surface area contributed by atoms with Gasteiger partial charge in [0.2, 0.25) is 0 Å². The highest BCUT2D eigenvalue weighted by Crippen LogP contribution is 2.25. The first kappa shape index (κ1) is 36.0. The molecule has 2 unspecified atom stereocenters. The van der Waals surface area contributed by atoms with E-state index in [0.717, 1.165) is 18.2 Å². The highest BCUT2D eigenvalue weighted by Gasteiger charge is 2.16. The van der Waals surface area contributed by atoms with Gasteiger partial charge >= 0.3 is 23.9 Å². The molecular weight excluding hydrogens is 611 g/mol. The summed E-state index contributed by atoms with van der Waals surface area (Å²) >= 11 is 0. The minimum absolute atomic E-state index is 0.0753. The summed E-state index contributed by atoms with van der Waals surface area (Å²) in [6.07, 6.45) is 4.20. The summed E-state index contributed by atoms with van der Waals surface area (Å²) in [5.41, 5.74) is 0.391. The second-order valence-corrected chi connectivity index (χ2v) is 10.3. The topological polar surface area (TPSA) is 124 Å². The molecule has 3 aromatic carbocycles. The Morgan fingerprint density at radius 3 is 1.51 bits per heavy atom. The van der Waals surface area contributed by atoms with Gasteiger partial charge in [-0.1, -0.05) is 13.2 Å². The second-order valence-electron chi connectivity index (χ2n) is 10.3. The summed E-state index contributed by atoms with van der Waals surface area (Å²) < 4.78 is 46.7. The average molecular weight is 649 g/mol. The van der Waals surface area contributed by atoms with Crippen LogP contribution in [0.2, 0.25) is 0 Å². The monoisotopic (exact) mass is 648 g/mol. The molecule has 0 N–H and O–H groups in total. The third kappa shape index (κ3) is 12.5. The van der Waals surface area contributed by atoms with Gasteiger partial charge in [-0.2, -0.15) is 0 Å². The van der Waals surface area contributed by atoms with E-state index in [1.165, 1.54) is 36.4 Å². The van der Waals surface area contributed by atoms with Gasteiger partial charge in [0.15, 0.2) is 11.6 Å². The number of carbonyl (C=O) groups is 4. The van der Waals surface area contributed by atoms with Gasteiger partial charge in [-0.05, 0) is 100 Å². The molecular formula is C36H37FO10. The van der Waals surface area contributed by atoms with Crippen molar-refractivity contribution in [2.75, 3.05) is 13.2 Å². The maximum Gasteiger partial charge on any atom is 0.343 e. The molecule has 0 saturated heterocycles. The van der Waals surface area contributed by atoms with Crippen LogP contribution in [0.15, 0.2) is 92.0 Å². The van der Waals surface area contributed by atoms with Crippen molar-refractivity contribution in [3.8, 4) is 23.0 Å². The third-order valence-electron chi connectivity index (χ3n) is 6.51. The van der Waals surface area contributed by atoms with Gasteiger partial charge in [-0.3, -0.25) is 0 Å². The van der Waals surface area contributed by atoms with Crippen LogP contribution < -0.4 is 18.9 Å². The number of esters is 4. The van der Waals surface area contributed by atoms with Crippen LogP contribution in [0.1, 0.15) is 60.2 Å². The summed E-state index contributed by atoms with van der Waals surface area (Å²) in [6.45, 7) is 11.0. The van der Waals surface area contributed by atoms with Crippen LogP contribution in [-0.4, -0.2) is 49.3 Å². The maximum atomic E-state index is 14.7. The zero-order chi connectivity index (χ0) is 34.2. The Kier molecular flexibility index (Phi) is 14.2. The summed E-state index contributed by atoms with van der Waals surface area (Å²) in [5.74, 6) is -2.70. The molecule has 0 radical (unpaired) electrons. The molecule has 0 aliphatic carbocycles. The Bertz CT molecular complexity index is 1530. The molecule has 0 aliphatic heterocycles. The molecule has 0 spiro atoms. The lowest BCUT2D eigenvalue weighted by Crippen LogP contribution is -2.14. The van der Waals surface area contributed by atoms with E-state index in [9.17, 15) is 23.6 Å². The minimum atomic E-state index is -0.895. The SMILES string of the molecule is C=CC(=O)OC(C)CCCOc1ccc(C(=O)Oc2ccc(OC(=O)c3ccc(OCCCC(C)OC(=O)C=C)cc3)c(F)c2)cc1. The van der Waals surface area contributed by atoms with Crippen LogP contribution in [0.25, 0.3) is 0 Å². The van der Waals surface area contributed by atoms with E-state index in [0.29, 0.717) is 50.4 Å². The zero-order valence-electron chi connectivity index (χ0n) is 26.3. The van der Waals surface area contributed by atoms with Crippen molar-refractivity contribution in [2.45, 2.75) is 51.7 Å². The van der Waals surface area contributed by atoms with Crippen molar-refractivity contribution in [3.63, 3.8) is 0 Å². The van der Waals surface area contributed by atoms with E-state index in [1.54, 1.807) is 38.1 Å². The van der Waals surface area contributed by atoms with E-state index in [4.69, 9.17) is 28.4 Å². The number of hydrogen-bond donors (Lipinski definition) is 0. The van der Waals surface area contributed by atoms with Crippen LogP contribution in [0.5, 0.6) is 23.0 Å². The number of carbonyl (C=O) groups excluding carboxylic acids is 4. The minimum Gasteiger partial charge on any atom is -0.494 e. The first-order valence-corrected chi connectivity index (χ1v) is 14.9. The smallest absolute Gasteiger partial charge is 0.343 e. The highest BCUT2D eigenvalue weighted by molar-refractivity contribution is 5.92. The number of ether oxygens (including phenoxy) is 6. The van der Waals surface area contributed by atoms with Crippen molar-refractivity contribution in [1.82, 2.24) is 0 Å². The molecule has 2 atom stereocenters. The summed E-state index contributed by atoms with van der Waals surface area (Å²) in [4.78, 5) is 47.6. The largest absolute Gasteiger partial charge is 0.494 e. The molecule has 11 heteroatoms. The Morgan fingerprint density at radius 2 is 1.09 bits per heavy atom. The fourth-order valence-corrected chi connectivity index (χ4v) is 4.06. The Balaban J connectivity index is 1.43. The zero-order valence-corrected chi connectivity index (χ0v) is 26.3. The quantitative estimate of drug-likeness (QED) is 0.0628. The maximum absolute atomic E-state index is 14.7. The van der Waals surface area contributed by atoms with Crippen LogP contribution in [0.4, 0.5) is 4.39 Å². The van der Waals surface area contributed by atoms with Gasteiger partial charge in [0.05, 0.1) is 36.5 Å². The van der Waals surface area contributed by atoms with E-state index in [2.05, 4.69) is 13.2 Å². The van der Waals surface area contributed by atoms with Crippen molar-refractivity contribution in [1.29, 1.82) is 0 Å². The third-order valence-corrected chi connectivity index (χ3v) is 6.51. The molecule has 0 saturated carbocycles. The molecule has 248 valence electrons. The van der Waals surface area contributed by atoms with Gasteiger partial charge in [0, 0.05) is 18.2 Å². The standard InChI is InChI=1S/C36H37FO10/c1-5-33(38)44-24(3)9-7-21-42-28-15-11-26(12-16-28)35(40)46-30-19-20-32(31(37)23-30)47-36(41)27-13-17-29(18-14-27)43-22-8-10-25(4)45-34(39)6-2/h5-6,11-20,23-25H,1-2,7-10,21-22H2,3-4H3. The van der Waals surface area contributed by atoms with Crippen LogP contribution >= 0.6 is 0 Å². The average Bonchev–Trinajstić information content (AvgIpc) is 3.06. The van der Waals surface area contributed by atoms with Crippen molar-refractivity contribution < 1.29 is 52.0 Å². The Hall–Kier alpha value is -5.45. The molecule has 10 nitrogen and oxygen atoms in total. The van der Waals surface area contributed by atoms with E-state index in [1.807, 2.05) is 0 Å². The molecule has 0 aromatic heterocycles. The van der Waals surface area contributed by atoms with Crippen molar-refractivity contribution >= 4 is 23.9 Å². The number of rotatable bonds is 18. The van der Waals surface area contributed by atoms with E-state index < -0.39 is 29.7 Å². The molecule has 0 amide bonds. The second kappa shape index (κ2) is 18.5. The van der Waals surface area contributed by atoms with Crippen molar-refractivity contribution in [3.05, 3.63) is 109 Å². The molecule has 0 heterocycles. The van der Waals surface area contributed by atoms with E-state index >= 15 is 0 Å². The summed E-state index contributed by atoms with van der Waals surface area (Å²) in [5, 5.41) is 0. The lowest BCUT2D eigenvalue weighted by Gasteiger charge is -2.12. The van der Waals surface area contributed by atoms with Gasteiger partial charge < -0.3 is 28.4 Å². The van der Waals surface area contributed by atoms with Crippen molar-refractivity contribution in [2.24, 2.45) is 0 Å². The first-order chi connectivity index (χ1) is 22.6. The lowest BCUT2D eigenvalue weighted by atomic mass is 10.2. The molecule has 3 aromatic rings. The first-order valence-electron chi connectivity index (χ1n) is 14.9. The van der Waals surface area contributed by atoms with Gasteiger partial charge in [0.25, 0.3) is 0 Å². The van der Waals surface area contributed by atoms with Gasteiger partial charge in [-0.25, -0.2) is 23.6 Å². The Morgan fingerprint density at radius 1 is 0.660 bits per heavy atom. The number of benzene rings is 3. The van der Waals surface area contributed by atoms with Crippen LogP contribution in [-0.2, 0) is 19.1 Å². The van der Waals surface area contributed by atoms with Gasteiger partial charge in [0.1, 0.15) is 17.2 Å². The van der Waals surface area contributed by atoms with E-state index in [-0.39, 0.29) is 34.8 Å². The lowest BCUT2D eigenvalue weighted by molar-refractivity contribution is -0.143. The number of hydrogen-bond acceptors (Lipinski definition) is 10. The fourth-order valence-electron chi connectivity index (χ4n) is 4.06.